The molecule has 3 aromatic carbocycles. The van der Waals surface area contributed by atoms with Crippen LogP contribution in [0.15, 0.2) is 53.4 Å². The number of esters is 1. The molecule has 0 bridgehead atoms. The Morgan fingerprint density at radius 3 is 2.15 bits per heavy atom. The molecule has 5 nitrogen and oxygen atoms in total. The molecule has 0 aliphatic carbocycles. The second-order valence-corrected chi connectivity index (χ2v) is 11.0. The minimum atomic E-state index is -3.85. The highest BCUT2D eigenvalue weighted by Gasteiger charge is 2.23. The van der Waals surface area contributed by atoms with E-state index in [2.05, 4.69) is 4.72 Å². The van der Waals surface area contributed by atoms with E-state index in [1.165, 1.54) is 6.08 Å². The van der Waals surface area contributed by atoms with E-state index in [4.69, 9.17) is 4.74 Å². The molecule has 0 amide bonds. The van der Waals surface area contributed by atoms with Gasteiger partial charge in [0.2, 0.25) is 0 Å². The molecular formula is C27H31NO4S. The van der Waals surface area contributed by atoms with Crippen LogP contribution in [-0.4, -0.2) is 20.0 Å². The maximum atomic E-state index is 13.5. The van der Waals surface area contributed by atoms with Crippen molar-refractivity contribution in [2.75, 3.05) is 4.72 Å². The van der Waals surface area contributed by atoms with Gasteiger partial charge in [-0.3, -0.25) is 4.72 Å². The summed E-state index contributed by atoms with van der Waals surface area (Å²) >= 11 is 0. The summed E-state index contributed by atoms with van der Waals surface area (Å²) in [6.07, 6.45) is 2.98. The molecule has 1 N–H and O–H groups in total. The maximum absolute atomic E-state index is 13.5. The summed E-state index contributed by atoms with van der Waals surface area (Å²) in [7, 11) is -3.85. The van der Waals surface area contributed by atoms with E-state index in [0.29, 0.717) is 16.1 Å². The quantitative estimate of drug-likeness (QED) is 0.358. The lowest BCUT2D eigenvalue weighted by Gasteiger charge is -2.18. The Labute approximate surface area is 196 Å². The summed E-state index contributed by atoms with van der Waals surface area (Å²) in [6, 6.07) is 13.2. The van der Waals surface area contributed by atoms with Crippen molar-refractivity contribution in [1.29, 1.82) is 0 Å². The summed E-state index contributed by atoms with van der Waals surface area (Å²) in [6.45, 7) is 12.9. The SMILES string of the molecule is Cc1cc(C)c(C)c(S(=O)(=O)Nc2cc(C=CC(=O)OC(C)(C)C)cc3ccccc23)c1C. The first-order valence-corrected chi connectivity index (χ1v) is 12.3. The van der Waals surface area contributed by atoms with Crippen molar-refractivity contribution in [2.45, 2.75) is 59.0 Å². The summed E-state index contributed by atoms with van der Waals surface area (Å²) in [5.41, 5.74) is 3.87. The number of benzene rings is 3. The lowest BCUT2D eigenvalue weighted by atomic mass is 10.0. The number of sulfonamides is 1. The van der Waals surface area contributed by atoms with Gasteiger partial charge in [-0.05, 0) is 99.9 Å². The molecule has 0 saturated heterocycles. The number of carbonyl (C=O) groups excluding carboxylic acids is 1. The molecule has 0 unspecified atom stereocenters. The predicted molar refractivity (Wildman–Crippen MR) is 135 cm³/mol. The second kappa shape index (κ2) is 9.02. The maximum Gasteiger partial charge on any atom is 0.331 e. The van der Waals surface area contributed by atoms with Crippen LogP contribution in [0.2, 0.25) is 0 Å². The molecule has 0 aliphatic heterocycles. The molecule has 3 rings (SSSR count). The molecule has 6 heteroatoms. The fourth-order valence-electron chi connectivity index (χ4n) is 3.79. The molecule has 0 saturated carbocycles. The van der Waals surface area contributed by atoms with Crippen molar-refractivity contribution < 1.29 is 17.9 Å². The van der Waals surface area contributed by atoms with Crippen LogP contribution in [0, 0.1) is 27.7 Å². The number of aryl methyl sites for hydroxylation is 2. The fraction of sp³-hybridized carbons (Fsp3) is 0.296. The first-order chi connectivity index (χ1) is 15.3. The Balaban J connectivity index is 2.08. The Morgan fingerprint density at radius 1 is 0.939 bits per heavy atom. The zero-order valence-electron chi connectivity index (χ0n) is 20.2. The fourth-order valence-corrected chi connectivity index (χ4v) is 5.48. The number of anilines is 1. The van der Waals surface area contributed by atoms with E-state index in [9.17, 15) is 13.2 Å². The third-order valence-corrected chi connectivity index (χ3v) is 7.15. The number of hydrogen-bond donors (Lipinski definition) is 1. The number of rotatable bonds is 5. The third kappa shape index (κ3) is 5.63. The van der Waals surface area contributed by atoms with Crippen molar-refractivity contribution in [3.63, 3.8) is 0 Å². The van der Waals surface area contributed by atoms with Crippen LogP contribution in [0.25, 0.3) is 16.8 Å². The van der Waals surface area contributed by atoms with Crippen molar-refractivity contribution in [3.05, 3.63) is 76.4 Å². The number of ether oxygens (including phenoxy) is 1. The smallest absolute Gasteiger partial charge is 0.331 e. The lowest BCUT2D eigenvalue weighted by molar-refractivity contribution is -0.148. The first kappa shape index (κ1) is 24.5. The Morgan fingerprint density at radius 2 is 1.55 bits per heavy atom. The van der Waals surface area contributed by atoms with Crippen molar-refractivity contribution in [1.82, 2.24) is 0 Å². The molecular weight excluding hydrogens is 434 g/mol. The van der Waals surface area contributed by atoms with Crippen molar-refractivity contribution in [2.24, 2.45) is 0 Å². The van der Waals surface area contributed by atoms with Crippen LogP contribution in [0.4, 0.5) is 5.69 Å². The van der Waals surface area contributed by atoms with Crippen LogP contribution < -0.4 is 4.72 Å². The van der Waals surface area contributed by atoms with Gasteiger partial charge in [0.05, 0.1) is 10.6 Å². The van der Waals surface area contributed by atoms with Gasteiger partial charge >= 0.3 is 5.97 Å². The standard InChI is InChI=1S/C27H31NO4S/c1-17-14-18(2)20(4)26(19(17)3)33(30,31)28-24-16-21(12-13-25(29)32-27(5,6)7)15-22-10-8-9-11-23(22)24/h8-16,28H,1-7H3. The molecule has 0 heterocycles. The molecule has 0 aliphatic rings. The van der Waals surface area contributed by atoms with E-state index >= 15 is 0 Å². The predicted octanol–water partition coefficient (Wildman–Crippen LogP) is 6.23. The average Bonchev–Trinajstić information content (AvgIpc) is 2.69. The highest BCUT2D eigenvalue weighted by atomic mass is 32.2. The van der Waals surface area contributed by atoms with E-state index in [-0.39, 0.29) is 0 Å². The van der Waals surface area contributed by atoms with Gasteiger partial charge in [-0.15, -0.1) is 0 Å². The molecule has 33 heavy (non-hydrogen) atoms. The molecule has 0 fully saturated rings. The van der Waals surface area contributed by atoms with Gasteiger partial charge in [-0.25, -0.2) is 13.2 Å². The van der Waals surface area contributed by atoms with Gasteiger partial charge in [-0.1, -0.05) is 30.3 Å². The van der Waals surface area contributed by atoms with E-state index in [0.717, 1.165) is 33.0 Å². The van der Waals surface area contributed by atoms with Crippen LogP contribution >= 0.6 is 0 Å². The Bertz CT molecular complexity index is 1340. The summed E-state index contributed by atoms with van der Waals surface area (Å²) < 4.78 is 35.2. The molecule has 3 aromatic rings. The van der Waals surface area contributed by atoms with Gasteiger partial charge < -0.3 is 4.74 Å². The Kier molecular flexibility index (Phi) is 6.70. The number of fused-ring (bicyclic) bond motifs is 1. The zero-order chi connectivity index (χ0) is 24.6. The number of carbonyl (C=O) groups is 1. The van der Waals surface area contributed by atoms with E-state index in [1.807, 2.05) is 64.1 Å². The summed E-state index contributed by atoms with van der Waals surface area (Å²) in [4.78, 5) is 12.4. The highest BCUT2D eigenvalue weighted by molar-refractivity contribution is 7.92. The van der Waals surface area contributed by atoms with Crippen molar-refractivity contribution >= 4 is 38.5 Å². The molecule has 174 valence electrons. The minimum Gasteiger partial charge on any atom is -0.457 e. The lowest BCUT2D eigenvalue weighted by Crippen LogP contribution is -2.22. The number of nitrogens with one attached hydrogen (secondary N) is 1. The van der Waals surface area contributed by atoms with Crippen LogP contribution in [0.5, 0.6) is 0 Å². The highest BCUT2D eigenvalue weighted by Crippen LogP contribution is 2.32. The van der Waals surface area contributed by atoms with Crippen LogP contribution in [0.1, 0.15) is 48.6 Å². The summed E-state index contributed by atoms with van der Waals surface area (Å²) in [5, 5.41) is 1.63. The summed E-state index contributed by atoms with van der Waals surface area (Å²) in [5.74, 6) is -0.459. The van der Waals surface area contributed by atoms with Crippen LogP contribution in [0.3, 0.4) is 0 Å². The third-order valence-electron chi connectivity index (χ3n) is 5.51. The molecule has 0 radical (unpaired) electrons. The molecule has 0 aromatic heterocycles. The van der Waals surface area contributed by atoms with Gasteiger partial charge in [-0.2, -0.15) is 0 Å². The Hall–Kier alpha value is -3.12. The minimum absolute atomic E-state index is 0.304. The van der Waals surface area contributed by atoms with E-state index in [1.54, 1.807) is 32.9 Å². The largest absolute Gasteiger partial charge is 0.457 e. The monoisotopic (exact) mass is 465 g/mol. The number of hydrogen-bond acceptors (Lipinski definition) is 4. The average molecular weight is 466 g/mol. The topological polar surface area (TPSA) is 72.5 Å². The second-order valence-electron chi connectivity index (χ2n) is 9.35. The molecule has 0 spiro atoms. The van der Waals surface area contributed by atoms with Gasteiger partial charge in [0.15, 0.2) is 0 Å². The van der Waals surface area contributed by atoms with Crippen LogP contribution in [-0.2, 0) is 19.6 Å². The van der Waals surface area contributed by atoms with E-state index < -0.39 is 21.6 Å². The van der Waals surface area contributed by atoms with Gasteiger partial charge in [0, 0.05) is 11.5 Å². The molecule has 0 atom stereocenters. The van der Waals surface area contributed by atoms with Gasteiger partial charge in [0.25, 0.3) is 10.0 Å². The van der Waals surface area contributed by atoms with Gasteiger partial charge in [0.1, 0.15) is 5.60 Å². The zero-order valence-corrected chi connectivity index (χ0v) is 21.1. The normalized spacial score (nSPS) is 12.3. The van der Waals surface area contributed by atoms with Crippen molar-refractivity contribution in [3.8, 4) is 0 Å². The first-order valence-electron chi connectivity index (χ1n) is 10.8.